The molecule has 1 aromatic heterocycles. The molecule has 0 amide bonds. The van der Waals surface area contributed by atoms with Crippen LogP contribution in [0.5, 0.6) is 0 Å². The predicted molar refractivity (Wildman–Crippen MR) is 68.4 cm³/mol. The summed E-state index contributed by atoms with van der Waals surface area (Å²) in [6.07, 6.45) is 3.21. The van der Waals surface area contributed by atoms with Gasteiger partial charge in [-0.15, -0.1) is 0 Å². The van der Waals surface area contributed by atoms with Crippen molar-refractivity contribution in [3.05, 3.63) is 23.6 Å². The number of aromatic nitrogens is 3. The lowest BCUT2D eigenvalue weighted by Crippen LogP contribution is -2.31. The molecule has 2 rings (SSSR count). The fraction of sp³-hybridized carbons (Fsp3) is 0.636. The van der Waals surface area contributed by atoms with Crippen molar-refractivity contribution in [3.8, 4) is 0 Å². The van der Waals surface area contributed by atoms with E-state index in [4.69, 9.17) is 0 Å². The highest BCUT2D eigenvalue weighted by Gasteiger charge is 2.21. The van der Waals surface area contributed by atoms with Crippen molar-refractivity contribution in [1.29, 1.82) is 0 Å². The SMILES string of the molecule is CC(C)Cn1ncnc1CNC1C=CS(=O)(=O)C1. The third kappa shape index (κ3) is 3.39. The topological polar surface area (TPSA) is 76.9 Å². The average molecular weight is 270 g/mol. The van der Waals surface area contributed by atoms with E-state index in [1.165, 1.54) is 11.7 Å². The number of rotatable bonds is 5. The molecule has 0 aromatic carbocycles. The van der Waals surface area contributed by atoms with Gasteiger partial charge < -0.3 is 5.32 Å². The van der Waals surface area contributed by atoms with Gasteiger partial charge in [0.15, 0.2) is 9.84 Å². The molecule has 0 bridgehead atoms. The van der Waals surface area contributed by atoms with E-state index in [0.717, 1.165) is 12.4 Å². The molecule has 0 fully saturated rings. The minimum absolute atomic E-state index is 0.126. The molecular weight excluding hydrogens is 252 g/mol. The Balaban J connectivity index is 1.91. The van der Waals surface area contributed by atoms with Crippen molar-refractivity contribution in [2.45, 2.75) is 33.0 Å². The van der Waals surface area contributed by atoms with E-state index in [-0.39, 0.29) is 11.8 Å². The maximum atomic E-state index is 11.3. The minimum atomic E-state index is -3.00. The van der Waals surface area contributed by atoms with Gasteiger partial charge >= 0.3 is 0 Å². The van der Waals surface area contributed by atoms with E-state index < -0.39 is 9.84 Å². The Morgan fingerprint density at radius 2 is 2.33 bits per heavy atom. The van der Waals surface area contributed by atoms with Gasteiger partial charge in [0.2, 0.25) is 0 Å². The molecule has 18 heavy (non-hydrogen) atoms. The highest BCUT2D eigenvalue weighted by atomic mass is 32.2. The first kappa shape index (κ1) is 13.2. The Morgan fingerprint density at radius 3 is 2.94 bits per heavy atom. The first-order valence-electron chi connectivity index (χ1n) is 5.97. The first-order chi connectivity index (χ1) is 8.46. The summed E-state index contributed by atoms with van der Waals surface area (Å²) in [5.74, 6) is 1.46. The Hall–Kier alpha value is -1.21. The Labute approximate surface area is 107 Å². The monoisotopic (exact) mass is 270 g/mol. The van der Waals surface area contributed by atoms with Crippen LogP contribution in [0.4, 0.5) is 0 Å². The van der Waals surface area contributed by atoms with Crippen LogP contribution in [0.2, 0.25) is 0 Å². The van der Waals surface area contributed by atoms with Crippen LogP contribution in [-0.4, -0.2) is 35.0 Å². The molecule has 1 unspecified atom stereocenters. The maximum absolute atomic E-state index is 11.3. The standard InChI is InChI=1S/C11H18N4O2S/c1-9(2)6-15-11(13-8-14-15)5-12-10-3-4-18(16,17)7-10/h3-4,8-10,12H,5-7H2,1-2H3. The van der Waals surface area contributed by atoms with Crippen LogP contribution >= 0.6 is 0 Å². The lowest BCUT2D eigenvalue weighted by molar-refractivity contribution is 0.455. The van der Waals surface area contributed by atoms with E-state index >= 15 is 0 Å². The lowest BCUT2D eigenvalue weighted by Gasteiger charge is -2.11. The molecule has 1 aliphatic rings. The summed E-state index contributed by atoms with van der Waals surface area (Å²) in [6, 6.07) is -0.126. The van der Waals surface area contributed by atoms with Gasteiger partial charge in [-0.05, 0) is 5.92 Å². The van der Waals surface area contributed by atoms with Crippen molar-refractivity contribution in [2.75, 3.05) is 5.75 Å². The van der Waals surface area contributed by atoms with E-state index in [1.54, 1.807) is 6.08 Å². The van der Waals surface area contributed by atoms with Crippen LogP contribution in [0.25, 0.3) is 0 Å². The fourth-order valence-electron chi connectivity index (χ4n) is 1.85. The van der Waals surface area contributed by atoms with Crippen LogP contribution in [0.15, 0.2) is 17.8 Å². The molecule has 100 valence electrons. The molecule has 0 radical (unpaired) electrons. The second-order valence-corrected chi connectivity index (χ2v) is 6.83. The summed E-state index contributed by atoms with van der Waals surface area (Å²) in [5.41, 5.74) is 0. The Bertz CT molecular complexity index is 533. The second kappa shape index (κ2) is 5.19. The van der Waals surface area contributed by atoms with Crippen molar-refractivity contribution >= 4 is 9.84 Å². The molecule has 7 heteroatoms. The van der Waals surface area contributed by atoms with E-state index in [0.29, 0.717) is 12.5 Å². The largest absolute Gasteiger partial charge is 0.302 e. The molecule has 1 N–H and O–H groups in total. The number of nitrogens with zero attached hydrogens (tertiary/aromatic N) is 3. The third-order valence-corrected chi connectivity index (χ3v) is 4.08. The molecule has 0 spiro atoms. The first-order valence-corrected chi connectivity index (χ1v) is 7.69. The zero-order valence-corrected chi connectivity index (χ0v) is 11.4. The summed E-state index contributed by atoms with van der Waals surface area (Å²) >= 11 is 0. The molecule has 1 aliphatic heterocycles. The zero-order chi connectivity index (χ0) is 13.2. The molecule has 1 aromatic rings. The highest BCUT2D eigenvalue weighted by molar-refractivity contribution is 7.94. The Morgan fingerprint density at radius 1 is 1.56 bits per heavy atom. The summed E-state index contributed by atoms with van der Waals surface area (Å²) < 4.78 is 24.4. The highest BCUT2D eigenvalue weighted by Crippen LogP contribution is 2.08. The summed E-state index contributed by atoms with van der Waals surface area (Å²) in [7, 11) is -3.00. The van der Waals surface area contributed by atoms with Crippen molar-refractivity contribution in [3.63, 3.8) is 0 Å². The van der Waals surface area contributed by atoms with Gasteiger partial charge in [-0.2, -0.15) is 5.10 Å². The van der Waals surface area contributed by atoms with E-state index in [9.17, 15) is 8.42 Å². The zero-order valence-electron chi connectivity index (χ0n) is 10.6. The molecule has 0 aliphatic carbocycles. The molecule has 6 nitrogen and oxygen atoms in total. The smallest absolute Gasteiger partial charge is 0.173 e. The number of sulfone groups is 1. The quantitative estimate of drug-likeness (QED) is 0.834. The van der Waals surface area contributed by atoms with Crippen molar-refractivity contribution in [2.24, 2.45) is 5.92 Å². The molecule has 2 heterocycles. The second-order valence-electron chi connectivity index (χ2n) is 4.90. The summed E-state index contributed by atoms with van der Waals surface area (Å²) in [6.45, 7) is 5.57. The van der Waals surface area contributed by atoms with Gasteiger partial charge in [-0.1, -0.05) is 19.9 Å². The van der Waals surface area contributed by atoms with Crippen LogP contribution in [0.1, 0.15) is 19.7 Å². The number of hydrogen-bond donors (Lipinski definition) is 1. The van der Waals surface area contributed by atoms with E-state index in [2.05, 4.69) is 29.2 Å². The van der Waals surface area contributed by atoms with Gasteiger partial charge in [0.25, 0.3) is 0 Å². The maximum Gasteiger partial charge on any atom is 0.173 e. The predicted octanol–water partition coefficient (Wildman–Crippen LogP) is 0.334. The van der Waals surface area contributed by atoms with Crippen LogP contribution in [0, 0.1) is 5.92 Å². The van der Waals surface area contributed by atoms with Crippen LogP contribution in [0.3, 0.4) is 0 Å². The van der Waals surface area contributed by atoms with Crippen LogP contribution in [-0.2, 0) is 22.9 Å². The van der Waals surface area contributed by atoms with E-state index in [1.807, 2.05) is 4.68 Å². The van der Waals surface area contributed by atoms with Gasteiger partial charge in [0.05, 0.1) is 12.3 Å². The molecule has 1 atom stereocenters. The molecule has 0 saturated heterocycles. The summed E-state index contributed by atoms with van der Waals surface area (Å²) in [4.78, 5) is 4.18. The van der Waals surface area contributed by atoms with Gasteiger partial charge in [-0.25, -0.2) is 18.1 Å². The third-order valence-electron chi connectivity index (χ3n) is 2.69. The van der Waals surface area contributed by atoms with Crippen molar-refractivity contribution in [1.82, 2.24) is 20.1 Å². The van der Waals surface area contributed by atoms with Crippen molar-refractivity contribution < 1.29 is 8.42 Å². The summed E-state index contributed by atoms with van der Waals surface area (Å²) in [5, 5.41) is 8.59. The Kier molecular flexibility index (Phi) is 3.82. The lowest BCUT2D eigenvalue weighted by atomic mass is 10.2. The molecule has 0 saturated carbocycles. The van der Waals surface area contributed by atoms with Gasteiger partial charge in [0.1, 0.15) is 12.2 Å². The number of hydrogen-bond acceptors (Lipinski definition) is 5. The number of nitrogens with one attached hydrogen (secondary N) is 1. The van der Waals surface area contributed by atoms with Crippen LogP contribution < -0.4 is 5.32 Å². The fourth-order valence-corrected chi connectivity index (χ4v) is 3.12. The normalized spacial score (nSPS) is 21.8. The average Bonchev–Trinajstić information content (AvgIpc) is 2.81. The van der Waals surface area contributed by atoms with Gasteiger partial charge in [0, 0.05) is 18.0 Å². The van der Waals surface area contributed by atoms with Gasteiger partial charge in [-0.3, -0.25) is 0 Å². The molecular formula is C11H18N4O2S. The minimum Gasteiger partial charge on any atom is -0.302 e.